The maximum Gasteiger partial charge on any atom is 0.104 e. The van der Waals surface area contributed by atoms with Gasteiger partial charge in [0, 0.05) is 35.8 Å². The number of nitrogens with zero attached hydrogens (tertiary/aromatic N) is 2. The van der Waals surface area contributed by atoms with Gasteiger partial charge in [0.25, 0.3) is 0 Å². The van der Waals surface area contributed by atoms with E-state index in [9.17, 15) is 0 Å². The van der Waals surface area contributed by atoms with Crippen molar-refractivity contribution in [3.05, 3.63) is 36.0 Å². The number of aromatic nitrogens is 1. The maximum atomic E-state index is 5.90. The molecule has 0 amide bonds. The van der Waals surface area contributed by atoms with Crippen LogP contribution >= 0.6 is 12.2 Å². The van der Waals surface area contributed by atoms with Crippen molar-refractivity contribution in [3.8, 4) is 0 Å². The Morgan fingerprint density at radius 1 is 1.43 bits per heavy atom. The molecule has 0 aliphatic carbocycles. The first-order valence-electron chi connectivity index (χ1n) is 7.40. The Balaban J connectivity index is 1.85. The molecule has 2 N–H and O–H groups in total. The van der Waals surface area contributed by atoms with Gasteiger partial charge in [-0.3, -0.25) is 4.90 Å². The molecule has 5 heteroatoms. The normalized spacial score (nSPS) is 20.0. The largest absolute Gasteiger partial charge is 0.389 e. The van der Waals surface area contributed by atoms with Crippen molar-refractivity contribution in [1.29, 1.82) is 0 Å². The van der Waals surface area contributed by atoms with E-state index < -0.39 is 0 Å². The van der Waals surface area contributed by atoms with Crippen LogP contribution in [-0.4, -0.2) is 46.8 Å². The molecule has 2 aromatic rings. The van der Waals surface area contributed by atoms with Crippen LogP contribution in [-0.2, 0) is 11.3 Å². The summed E-state index contributed by atoms with van der Waals surface area (Å²) in [5.41, 5.74) is 7.91. The Kier molecular flexibility index (Phi) is 4.24. The topological polar surface area (TPSA) is 43.4 Å². The molecular weight excluding hydrogens is 282 g/mol. The molecule has 4 nitrogen and oxygen atoms in total. The highest BCUT2D eigenvalue weighted by molar-refractivity contribution is 7.80. The molecule has 1 aromatic carbocycles. The summed E-state index contributed by atoms with van der Waals surface area (Å²) in [5.74, 6) is 0. The smallest absolute Gasteiger partial charge is 0.104 e. The molecule has 3 rings (SSSR count). The highest BCUT2D eigenvalue weighted by Gasteiger charge is 2.20. The fourth-order valence-electron chi connectivity index (χ4n) is 2.99. The van der Waals surface area contributed by atoms with Gasteiger partial charge in [-0.15, -0.1) is 0 Å². The van der Waals surface area contributed by atoms with E-state index in [2.05, 4.69) is 34.7 Å². The molecule has 0 radical (unpaired) electrons. The summed E-state index contributed by atoms with van der Waals surface area (Å²) >= 11 is 5.13. The fraction of sp³-hybridized carbons (Fsp3) is 0.438. The summed E-state index contributed by atoms with van der Waals surface area (Å²) in [5, 5.41) is 1.12. The van der Waals surface area contributed by atoms with Gasteiger partial charge >= 0.3 is 0 Å². The van der Waals surface area contributed by atoms with Crippen LogP contribution in [0.1, 0.15) is 12.5 Å². The Labute approximate surface area is 130 Å². The van der Waals surface area contributed by atoms with Crippen LogP contribution in [0.4, 0.5) is 0 Å². The molecule has 1 unspecified atom stereocenters. The minimum Gasteiger partial charge on any atom is -0.389 e. The maximum absolute atomic E-state index is 5.90. The van der Waals surface area contributed by atoms with Crippen LogP contribution in [0, 0.1) is 0 Å². The second kappa shape index (κ2) is 6.13. The van der Waals surface area contributed by atoms with Crippen LogP contribution in [0.15, 0.2) is 30.5 Å². The highest BCUT2D eigenvalue weighted by atomic mass is 32.1. The predicted octanol–water partition coefficient (Wildman–Crippen LogP) is 2.00. The van der Waals surface area contributed by atoms with Crippen LogP contribution in [0.2, 0.25) is 0 Å². The SMILES string of the molecule is CCN1CCOC(Cn2ccc3c(C(N)=S)cccc32)C1. The molecule has 1 atom stereocenters. The van der Waals surface area contributed by atoms with Gasteiger partial charge in [-0.2, -0.15) is 0 Å². The van der Waals surface area contributed by atoms with Gasteiger partial charge < -0.3 is 15.0 Å². The number of fused-ring (bicyclic) bond motifs is 1. The van der Waals surface area contributed by atoms with E-state index in [4.69, 9.17) is 22.7 Å². The minimum absolute atomic E-state index is 0.239. The van der Waals surface area contributed by atoms with E-state index in [1.807, 2.05) is 12.1 Å². The summed E-state index contributed by atoms with van der Waals surface area (Å²) in [4.78, 5) is 2.88. The van der Waals surface area contributed by atoms with Gasteiger partial charge in [-0.1, -0.05) is 31.3 Å². The van der Waals surface area contributed by atoms with E-state index in [-0.39, 0.29) is 6.10 Å². The first kappa shape index (κ1) is 14.5. The molecule has 1 aliphatic rings. The van der Waals surface area contributed by atoms with Crippen molar-refractivity contribution in [3.63, 3.8) is 0 Å². The van der Waals surface area contributed by atoms with Crippen molar-refractivity contribution < 1.29 is 4.74 Å². The number of ether oxygens (including phenoxy) is 1. The van der Waals surface area contributed by atoms with Crippen LogP contribution in [0.25, 0.3) is 10.9 Å². The Bertz CT molecular complexity index is 652. The zero-order chi connectivity index (χ0) is 14.8. The Hall–Kier alpha value is -1.43. The molecule has 1 saturated heterocycles. The molecular formula is C16H21N3OS. The van der Waals surface area contributed by atoms with Crippen molar-refractivity contribution in [1.82, 2.24) is 9.47 Å². The minimum atomic E-state index is 0.239. The van der Waals surface area contributed by atoms with E-state index in [0.717, 1.165) is 49.3 Å². The van der Waals surface area contributed by atoms with Gasteiger partial charge in [-0.05, 0) is 18.7 Å². The number of rotatable bonds is 4. The zero-order valence-electron chi connectivity index (χ0n) is 12.3. The van der Waals surface area contributed by atoms with Gasteiger partial charge in [-0.25, -0.2) is 0 Å². The van der Waals surface area contributed by atoms with Gasteiger partial charge in [0.05, 0.1) is 19.3 Å². The number of nitrogens with two attached hydrogens (primary N) is 1. The summed E-state index contributed by atoms with van der Waals surface area (Å²) in [6.07, 6.45) is 2.34. The van der Waals surface area contributed by atoms with Crippen molar-refractivity contribution in [2.45, 2.75) is 19.6 Å². The molecule has 0 saturated carbocycles. The number of thiocarbonyl (C=S) groups is 1. The lowest BCUT2D eigenvalue weighted by Gasteiger charge is -2.32. The second-order valence-electron chi connectivity index (χ2n) is 5.46. The summed E-state index contributed by atoms with van der Waals surface area (Å²) in [6.45, 7) is 6.98. The van der Waals surface area contributed by atoms with Crippen molar-refractivity contribution in [2.75, 3.05) is 26.2 Å². The molecule has 2 heterocycles. The molecule has 21 heavy (non-hydrogen) atoms. The lowest BCUT2D eigenvalue weighted by molar-refractivity contribution is -0.0337. The van der Waals surface area contributed by atoms with Gasteiger partial charge in [0.1, 0.15) is 4.99 Å². The number of benzene rings is 1. The number of morpholine rings is 1. The van der Waals surface area contributed by atoms with E-state index in [1.165, 1.54) is 0 Å². The molecule has 1 aromatic heterocycles. The van der Waals surface area contributed by atoms with Crippen LogP contribution < -0.4 is 5.73 Å². The van der Waals surface area contributed by atoms with Crippen molar-refractivity contribution >= 4 is 28.1 Å². The Morgan fingerprint density at radius 3 is 3.05 bits per heavy atom. The first-order valence-corrected chi connectivity index (χ1v) is 7.81. The summed E-state index contributed by atoms with van der Waals surface area (Å²) in [6, 6.07) is 8.18. The van der Waals surface area contributed by atoms with Crippen LogP contribution in [0.5, 0.6) is 0 Å². The molecule has 1 fully saturated rings. The number of likely N-dealkylation sites (N-methyl/N-ethyl adjacent to an activating group) is 1. The fourth-order valence-corrected chi connectivity index (χ4v) is 3.17. The highest BCUT2D eigenvalue weighted by Crippen LogP contribution is 2.21. The average Bonchev–Trinajstić information content (AvgIpc) is 2.90. The van der Waals surface area contributed by atoms with Crippen molar-refractivity contribution in [2.24, 2.45) is 5.73 Å². The number of hydrogen-bond donors (Lipinski definition) is 1. The third-order valence-corrected chi connectivity index (χ3v) is 4.37. The average molecular weight is 303 g/mol. The molecule has 0 spiro atoms. The summed E-state index contributed by atoms with van der Waals surface area (Å²) < 4.78 is 8.13. The van der Waals surface area contributed by atoms with Gasteiger partial charge in [0.2, 0.25) is 0 Å². The number of hydrogen-bond acceptors (Lipinski definition) is 3. The summed E-state index contributed by atoms with van der Waals surface area (Å²) in [7, 11) is 0. The zero-order valence-corrected chi connectivity index (χ0v) is 13.1. The second-order valence-corrected chi connectivity index (χ2v) is 5.90. The molecule has 0 bridgehead atoms. The Morgan fingerprint density at radius 2 is 2.29 bits per heavy atom. The third-order valence-electron chi connectivity index (χ3n) is 4.15. The van der Waals surface area contributed by atoms with Crippen LogP contribution in [0.3, 0.4) is 0 Å². The first-order chi connectivity index (χ1) is 10.2. The lowest BCUT2D eigenvalue weighted by atomic mass is 10.1. The lowest BCUT2D eigenvalue weighted by Crippen LogP contribution is -2.43. The van der Waals surface area contributed by atoms with Gasteiger partial charge in [0.15, 0.2) is 0 Å². The van der Waals surface area contributed by atoms with E-state index >= 15 is 0 Å². The predicted molar refractivity (Wildman–Crippen MR) is 89.7 cm³/mol. The molecule has 1 aliphatic heterocycles. The standard InChI is InChI=1S/C16H21N3OS/c1-2-18-8-9-20-12(10-18)11-19-7-6-13-14(16(17)21)4-3-5-15(13)19/h3-7,12H,2,8-11H2,1H3,(H2,17,21). The van der Waals surface area contributed by atoms with E-state index in [1.54, 1.807) is 0 Å². The molecule has 112 valence electrons. The quantitative estimate of drug-likeness (QED) is 0.877. The third kappa shape index (κ3) is 2.95. The van der Waals surface area contributed by atoms with E-state index in [0.29, 0.717) is 4.99 Å². The monoisotopic (exact) mass is 303 g/mol.